The molecule has 0 radical (unpaired) electrons. The molecular weight excluding hydrogens is 330 g/mol. The first kappa shape index (κ1) is 17.9. The average Bonchev–Trinajstić information content (AvgIpc) is 2.55. The van der Waals surface area contributed by atoms with Gasteiger partial charge in [0.1, 0.15) is 5.54 Å². The molecular formula is C16H15N3O6. The number of benzene rings is 2. The Morgan fingerprint density at radius 2 is 1.60 bits per heavy atom. The molecule has 0 saturated carbocycles. The van der Waals surface area contributed by atoms with Crippen molar-refractivity contribution in [2.75, 3.05) is 5.32 Å². The number of carboxylic acids is 1. The molecule has 2 rings (SSSR count). The van der Waals surface area contributed by atoms with Crippen molar-refractivity contribution in [2.24, 2.45) is 0 Å². The second kappa shape index (κ2) is 6.95. The predicted molar refractivity (Wildman–Crippen MR) is 89.6 cm³/mol. The Bertz CT molecular complexity index is 792. The molecule has 130 valence electrons. The normalized spacial score (nSPS) is 12.8. The molecule has 1 unspecified atom stereocenters. The SMILES string of the molecule is CC(Cc1cc([N+](=O)[O-])cc([N+](=O)[O-])c1)(Nc1ccccc1)C(=O)O. The zero-order chi connectivity index (χ0) is 18.6. The zero-order valence-electron chi connectivity index (χ0n) is 13.2. The van der Waals surface area contributed by atoms with Gasteiger partial charge >= 0.3 is 5.97 Å². The van der Waals surface area contributed by atoms with Crippen LogP contribution in [0.1, 0.15) is 12.5 Å². The van der Waals surface area contributed by atoms with E-state index in [9.17, 15) is 30.1 Å². The van der Waals surface area contributed by atoms with Gasteiger partial charge in [0.2, 0.25) is 0 Å². The van der Waals surface area contributed by atoms with Crippen molar-refractivity contribution in [1.29, 1.82) is 0 Å². The number of non-ortho nitro benzene ring substituents is 2. The minimum Gasteiger partial charge on any atom is -0.480 e. The maximum atomic E-state index is 11.7. The number of nitro benzene ring substituents is 2. The van der Waals surface area contributed by atoms with Gasteiger partial charge in [-0.3, -0.25) is 20.2 Å². The van der Waals surface area contributed by atoms with E-state index in [0.29, 0.717) is 5.69 Å². The van der Waals surface area contributed by atoms with Crippen LogP contribution in [0.2, 0.25) is 0 Å². The van der Waals surface area contributed by atoms with Crippen LogP contribution in [0, 0.1) is 20.2 Å². The molecule has 0 spiro atoms. The topological polar surface area (TPSA) is 136 Å². The van der Waals surface area contributed by atoms with E-state index < -0.39 is 32.7 Å². The summed E-state index contributed by atoms with van der Waals surface area (Å²) in [7, 11) is 0. The highest BCUT2D eigenvalue weighted by Gasteiger charge is 2.34. The summed E-state index contributed by atoms with van der Waals surface area (Å²) in [5, 5.41) is 34.4. The Labute approximate surface area is 142 Å². The summed E-state index contributed by atoms with van der Waals surface area (Å²) in [4.78, 5) is 32.2. The van der Waals surface area contributed by atoms with E-state index in [0.717, 1.165) is 18.2 Å². The summed E-state index contributed by atoms with van der Waals surface area (Å²) in [6, 6.07) is 11.7. The quantitative estimate of drug-likeness (QED) is 0.581. The van der Waals surface area contributed by atoms with Crippen LogP contribution in [0.5, 0.6) is 0 Å². The summed E-state index contributed by atoms with van der Waals surface area (Å²) in [6.07, 6.45) is -0.181. The first-order chi connectivity index (χ1) is 11.7. The predicted octanol–water partition coefficient (Wildman–Crippen LogP) is 3.00. The minimum atomic E-state index is -1.51. The lowest BCUT2D eigenvalue weighted by Crippen LogP contribution is -2.45. The molecule has 0 aliphatic heterocycles. The smallest absolute Gasteiger partial charge is 0.329 e. The molecule has 2 aromatic carbocycles. The van der Waals surface area contributed by atoms with Gasteiger partial charge in [0.05, 0.1) is 15.9 Å². The summed E-state index contributed by atoms with van der Waals surface area (Å²) < 4.78 is 0. The Hall–Kier alpha value is -3.49. The fourth-order valence-corrected chi connectivity index (χ4v) is 2.39. The number of aliphatic carboxylic acids is 1. The lowest BCUT2D eigenvalue weighted by atomic mass is 9.92. The number of hydrogen-bond donors (Lipinski definition) is 2. The van der Waals surface area contributed by atoms with Crippen LogP contribution in [0.15, 0.2) is 48.5 Å². The van der Waals surface area contributed by atoms with Gasteiger partial charge in [-0.25, -0.2) is 4.79 Å². The summed E-state index contributed by atoms with van der Waals surface area (Å²) >= 11 is 0. The summed E-state index contributed by atoms with van der Waals surface area (Å²) in [6.45, 7) is 1.41. The third kappa shape index (κ3) is 4.28. The molecule has 0 saturated heterocycles. The van der Waals surface area contributed by atoms with Crippen molar-refractivity contribution in [1.82, 2.24) is 0 Å². The van der Waals surface area contributed by atoms with Gasteiger partial charge in [0.25, 0.3) is 11.4 Å². The Morgan fingerprint density at radius 3 is 2.04 bits per heavy atom. The molecule has 1 atom stereocenters. The van der Waals surface area contributed by atoms with E-state index in [1.807, 2.05) is 0 Å². The molecule has 0 aliphatic rings. The number of para-hydroxylation sites is 1. The monoisotopic (exact) mass is 345 g/mol. The highest BCUT2D eigenvalue weighted by atomic mass is 16.6. The molecule has 0 heterocycles. The van der Waals surface area contributed by atoms with Gasteiger partial charge in [-0.15, -0.1) is 0 Å². The third-order valence-electron chi connectivity index (χ3n) is 3.61. The van der Waals surface area contributed by atoms with Crippen LogP contribution >= 0.6 is 0 Å². The standard InChI is InChI=1S/C16H15N3O6/c1-16(15(20)21,17-12-5-3-2-4-6-12)10-11-7-13(18(22)23)9-14(8-11)19(24)25/h2-9,17H,10H2,1H3,(H,20,21). The van der Waals surface area contributed by atoms with E-state index in [2.05, 4.69) is 5.32 Å². The highest BCUT2D eigenvalue weighted by Crippen LogP contribution is 2.27. The molecule has 0 aliphatic carbocycles. The van der Waals surface area contributed by atoms with Crippen LogP contribution in [0.25, 0.3) is 0 Å². The third-order valence-corrected chi connectivity index (χ3v) is 3.61. The van der Waals surface area contributed by atoms with Crippen molar-refractivity contribution in [2.45, 2.75) is 18.9 Å². The van der Waals surface area contributed by atoms with Gasteiger partial charge in [-0.2, -0.15) is 0 Å². The molecule has 0 amide bonds. The van der Waals surface area contributed by atoms with Crippen LogP contribution in [0.4, 0.5) is 17.1 Å². The van der Waals surface area contributed by atoms with E-state index in [1.54, 1.807) is 30.3 Å². The summed E-state index contributed by atoms with van der Waals surface area (Å²) in [5.41, 5.74) is -1.71. The molecule has 2 N–H and O–H groups in total. The number of anilines is 1. The van der Waals surface area contributed by atoms with Gasteiger partial charge < -0.3 is 10.4 Å². The molecule has 9 heteroatoms. The van der Waals surface area contributed by atoms with Crippen LogP contribution in [-0.2, 0) is 11.2 Å². The number of nitrogens with one attached hydrogen (secondary N) is 1. The molecule has 2 aromatic rings. The molecule has 25 heavy (non-hydrogen) atoms. The fraction of sp³-hybridized carbons (Fsp3) is 0.188. The maximum Gasteiger partial charge on any atom is 0.329 e. The highest BCUT2D eigenvalue weighted by molar-refractivity contribution is 5.82. The van der Waals surface area contributed by atoms with Crippen LogP contribution < -0.4 is 5.32 Å². The fourth-order valence-electron chi connectivity index (χ4n) is 2.39. The first-order valence-corrected chi connectivity index (χ1v) is 7.21. The number of nitro groups is 2. The van der Waals surface area contributed by atoms with Crippen molar-refractivity contribution in [3.8, 4) is 0 Å². The molecule has 0 bridgehead atoms. The minimum absolute atomic E-state index is 0.175. The Kier molecular flexibility index (Phi) is 4.97. The second-order valence-electron chi connectivity index (χ2n) is 5.68. The van der Waals surface area contributed by atoms with Crippen LogP contribution in [0.3, 0.4) is 0 Å². The average molecular weight is 345 g/mol. The van der Waals surface area contributed by atoms with E-state index in [4.69, 9.17) is 0 Å². The van der Waals surface area contributed by atoms with Crippen molar-refractivity contribution in [3.05, 3.63) is 74.3 Å². The Morgan fingerprint density at radius 1 is 1.08 bits per heavy atom. The van der Waals surface area contributed by atoms with Crippen LogP contribution in [-0.4, -0.2) is 26.5 Å². The number of carboxylic acid groups (broad SMARTS) is 1. The van der Waals surface area contributed by atoms with E-state index >= 15 is 0 Å². The van der Waals surface area contributed by atoms with Crippen molar-refractivity contribution >= 4 is 23.0 Å². The number of nitrogens with zero attached hydrogens (tertiary/aromatic N) is 2. The lowest BCUT2D eigenvalue weighted by molar-refractivity contribution is -0.394. The molecule has 9 nitrogen and oxygen atoms in total. The maximum absolute atomic E-state index is 11.7. The van der Waals surface area contributed by atoms with E-state index in [-0.39, 0.29) is 12.0 Å². The Balaban J connectivity index is 2.40. The van der Waals surface area contributed by atoms with Crippen molar-refractivity contribution < 1.29 is 19.7 Å². The molecule has 0 aromatic heterocycles. The number of rotatable bonds is 7. The van der Waals surface area contributed by atoms with Gasteiger partial charge in [-0.05, 0) is 24.6 Å². The summed E-state index contributed by atoms with van der Waals surface area (Å²) in [5.74, 6) is -1.19. The lowest BCUT2D eigenvalue weighted by Gasteiger charge is -2.27. The van der Waals surface area contributed by atoms with E-state index in [1.165, 1.54) is 6.92 Å². The first-order valence-electron chi connectivity index (χ1n) is 7.21. The largest absolute Gasteiger partial charge is 0.480 e. The number of hydrogen-bond acceptors (Lipinski definition) is 6. The molecule has 0 fully saturated rings. The van der Waals surface area contributed by atoms with Crippen molar-refractivity contribution in [3.63, 3.8) is 0 Å². The zero-order valence-corrected chi connectivity index (χ0v) is 13.2. The van der Waals surface area contributed by atoms with Gasteiger partial charge in [0, 0.05) is 24.2 Å². The van der Waals surface area contributed by atoms with Gasteiger partial charge in [-0.1, -0.05) is 18.2 Å². The second-order valence-corrected chi connectivity index (χ2v) is 5.68. The van der Waals surface area contributed by atoms with Gasteiger partial charge in [0.15, 0.2) is 0 Å². The number of carbonyl (C=O) groups is 1.